The van der Waals surface area contributed by atoms with Crippen LogP contribution in [0.3, 0.4) is 0 Å². The predicted molar refractivity (Wildman–Crippen MR) is 73.3 cm³/mol. The van der Waals surface area contributed by atoms with Crippen LogP contribution in [0.4, 0.5) is 4.39 Å². The summed E-state index contributed by atoms with van der Waals surface area (Å²) in [7, 11) is 1.39. The van der Waals surface area contributed by atoms with Gasteiger partial charge in [0.15, 0.2) is 0 Å². The molecule has 0 radical (unpaired) electrons. The molecule has 19 heavy (non-hydrogen) atoms. The molecular weight excluding hydrogens is 245 g/mol. The number of rotatable bonds is 6. The zero-order valence-corrected chi connectivity index (χ0v) is 11.9. The lowest BCUT2D eigenvalue weighted by Crippen LogP contribution is -2.46. The van der Waals surface area contributed by atoms with Crippen molar-refractivity contribution in [3.05, 3.63) is 35.6 Å². The number of methoxy groups -OCH3 is 1. The van der Waals surface area contributed by atoms with Crippen LogP contribution in [0.5, 0.6) is 0 Å². The van der Waals surface area contributed by atoms with Crippen LogP contribution in [-0.2, 0) is 16.0 Å². The van der Waals surface area contributed by atoms with Crippen LogP contribution in [0.2, 0.25) is 0 Å². The SMILES string of the molecule is COC(=O)C(NC(C)Cc1ccc(F)cc1)C(C)C. The summed E-state index contributed by atoms with van der Waals surface area (Å²) in [5, 5.41) is 3.26. The zero-order chi connectivity index (χ0) is 14.4. The maximum Gasteiger partial charge on any atom is 0.323 e. The van der Waals surface area contributed by atoms with E-state index in [1.807, 2.05) is 20.8 Å². The van der Waals surface area contributed by atoms with E-state index < -0.39 is 0 Å². The Balaban J connectivity index is 2.59. The van der Waals surface area contributed by atoms with Crippen molar-refractivity contribution in [3.63, 3.8) is 0 Å². The van der Waals surface area contributed by atoms with Gasteiger partial charge in [0.2, 0.25) is 0 Å². The number of benzene rings is 1. The van der Waals surface area contributed by atoms with Crippen molar-refractivity contribution in [1.29, 1.82) is 0 Å². The van der Waals surface area contributed by atoms with Crippen molar-refractivity contribution in [1.82, 2.24) is 5.32 Å². The van der Waals surface area contributed by atoms with E-state index in [1.54, 1.807) is 12.1 Å². The van der Waals surface area contributed by atoms with Gasteiger partial charge in [0.1, 0.15) is 11.9 Å². The van der Waals surface area contributed by atoms with E-state index in [2.05, 4.69) is 5.32 Å². The Bertz CT molecular complexity index is 403. The molecule has 4 heteroatoms. The molecule has 0 bridgehead atoms. The Morgan fingerprint density at radius 1 is 1.26 bits per heavy atom. The normalized spacial score (nSPS) is 14.2. The quantitative estimate of drug-likeness (QED) is 0.805. The number of hydrogen-bond acceptors (Lipinski definition) is 3. The standard InChI is InChI=1S/C15H22FNO2/c1-10(2)14(15(18)19-4)17-11(3)9-12-5-7-13(16)8-6-12/h5-8,10-11,14,17H,9H2,1-4H3. The van der Waals surface area contributed by atoms with Crippen LogP contribution in [0.25, 0.3) is 0 Å². The maximum absolute atomic E-state index is 12.8. The summed E-state index contributed by atoms with van der Waals surface area (Å²) in [5.41, 5.74) is 1.04. The van der Waals surface area contributed by atoms with Crippen molar-refractivity contribution in [2.75, 3.05) is 7.11 Å². The van der Waals surface area contributed by atoms with Gasteiger partial charge in [-0.15, -0.1) is 0 Å². The van der Waals surface area contributed by atoms with Gasteiger partial charge in [0, 0.05) is 6.04 Å². The molecule has 0 saturated heterocycles. The van der Waals surface area contributed by atoms with Crippen LogP contribution in [-0.4, -0.2) is 25.2 Å². The molecular formula is C15H22FNO2. The molecule has 1 aromatic carbocycles. The van der Waals surface area contributed by atoms with E-state index in [1.165, 1.54) is 19.2 Å². The van der Waals surface area contributed by atoms with Gasteiger partial charge in [-0.1, -0.05) is 26.0 Å². The third kappa shape index (κ3) is 4.99. The highest BCUT2D eigenvalue weighted by atomic mass is 19.1. The Kier molecular flexibility index (Phi) is 5.96. The molecule has 106 valence electrons. The Morgan fingerprint density at radius 2 is 1.84 bits per heavy atom. The van der Waals surface area contributed by atoms with Gasteiger partial charge in [0.25, 0.3) is 0 Å². The Morgan fingerprint density at radius 3 is 2.32 bits per heavy atom. The average Bonchev–Trinajstić information content (AvgIpc) is 2.37. The Labute approximate surface area is 114 Å². The lowest BCUT2D eigenvalue weighted by atomic mass is 10.0. The molecule has 0 spiro atoms. The molecule has 0 aliphatic heterocycles. The van der Waals surface area contributed by atoms with Gasteiger partial charge in [-0.3, -0.25) is 4.79 Å². The second kappa shape index (κ2) is 7.24. The summed E-state index contributed by atoms with van der Waals surface area (Å²) in [6.07, 6.45) is 0.737. The van der Waals surface area contributed by atoms with Gasteiger partial charge >= 0.3 is 5.97 Å². The summed E-state index contributed by atoms with van der Waals surface area (Å²) in [5.74, 6) is -0.331. The minimum atomic E-state index is -0.319. The smallest absolute Gasteiger partial charge is 0.323 e. The molecule has 0 amide bonds. The number of esters is 1. The first-order chi connectivity index (χ1) is 8.93. The monoisotopic (exact) mass is 267 g/mol. The molecule has 2 unspecified atom stereocenters. The second-order valence-electron chi connectivity index (χ2n) is 5.14. The largest absolute Gasteiger partial charge is 0.468 e. The molecule has 1 aromatic rings. The first-order valence-corrected chi connectivity index (χ1v) is 6.52. The minimum Gasteiger partial charge on any atom is -0.468 e. The van der Waals surface area contributed by atoms with E-state index in [0.717, 1.165) is 12.0 Å². The topological polar surface area (TPSA) is 38.3 Å². The van der Waals surface area contributed by atoms with Crippen LogP contribution in [0, 0.1) is 11.7 Å². The van der Waals surface area contributed by atoms with Crippen molar-refractivity contribution in [2.45, 2.75) is 39.3 Å². The highest BCUT2D eigenvalue weighted by Gasteiger charge is 2.24. The molecule has 0 aliphatic carbocycles. The number of hydrogen-bond donors (Lipinski definition) is 1. The van der Waals surface area contributed by atoms with Gasteiger partial charge in [-0.25, -0.2) is 4.39 Å². The van der Waals surface area contributed by atoms with Crippen molar-refractivity contribution in [2.24, 2.45) is 5.92 Å². The van der Waals surface area contributed by atoms with Gasteiger partial charge in [0.05, 0.1) is 7.11 Å². The molecule has 3 nitrogen and oxygen atoms in total. The molecule has 0 fully saturated rings. The van der Waals surface area contributed by atoms with Gasteiger partial charge in [-0.05, 0) is 37.0 Å². The van der Waals surface area contributed by atoms with E-state index >= 15 is 0 Å². The fraction of sp³-hybridized carbons (Fsp3) is 0.533. The van der Waals surface area contributed by atoms with Gasteiger partial charge < -0.3 is 10.1 Å². The fourth-order valence-electron chi connectivity index (χ4n) is 2.00. The number of carbonyl (C=O) groups is 1. The van der Waals surface area contributed by atoms with Crippen LogP contribution in [0.15, 0.2) is 24.3 Å². The fourth-order valence-corrected chi connectivity index (χ4v) is 2.00. The summed E-state index contributed by atoms with van der Waals surface area (Å²) in [4.78, 5) is 11.7. The summed E-state index contributed by atoms with van der Waals surface area (Å²) < 4.78 is 17.6. The lowest BCUT2D eigenvalue weighted by Gasteiger charge is -2.24. The molecule has 0 heterocycles. The number of ether oxygens (including phenoxy) is 1. The van der Waals surface area contributed by atoms with E-state index in [-0.39, 0.29) is 29.8 Å². The van der Waals surface area contributed by atoms with Crippen molar-refractivity contribution >= 4 is 5.97 Å². The lowest BCUT2D eigenvalue weighted by molar-refractivity contribution is -0.144. The number of halogens is 1. The van der Waals surface area contributed by atoms with E-state index in [0.29, 0.717) is 0 Å². The van der Waals surface area contributed by atoms with E-state index in [9.17, 15) is 9.18 Å². The first kappa shape index (κ1) is 15.6. The summed E-state index contributed by atoms with van der Waals surface area (Å²) >= 11 is 0. The molecule has 0 aromatic heterocycles. The molecule has 1 rings (SSSR count). The molecule has 1 N–H and O–H groups in total. The minimum absolute atomic E-state index is 0.108. The molecule has 0 aliphatic rings. The van der Waals surface area contributed by atoms with Crippen molar-refractivity contribution in [3.8, 4) is 0 Å². The number of nitrogens with one attached hydrogen (secondary N) is 1. The number of carbonyl (C=O) groups excluding carboxylic acids is 1. The summed E-state index contributed by atoms with van der Waals surface area (Å²) in [6, 6.07) is 6.20. The first-order valence-electron chi connectivity index (χ1n) is 6.52. The third-order valence-corrected chi connectivity index (χ3v) is 3.04. The van der Waals surface area contributed by atoms with Crippen LogP contribution < -0.4 is 5.32 Å². The van der Waals surface area contributed by atoms with E-state index in [4.69, 9.17) is 4.74 Å². The highest BCUT2D eigenvalue weighted by Crippen LogP contribution is 2.09. The highest BCUT2D eigenvalue weighted by molar-refractivity contribution is 5.75. The third-order valence-electron chi connectivity index (χ3n) is 3.04. The molecule has 2 atom stereocenters. The summed E-state index contributed by atoms with van der Waals surface area (Å²) in [6.45, 7) is 5.94. The predicted octanol–water partition coefficient (Wildman–Crippen LogP) is 2.54. The zero-order valence-electron chi connectivity index (χ0n) is 11.9. The Hall–Kier alpha value is -1.42. The van der Waals surface area contributed by atoms with Gasteiger partial charge in [-0.2, -0.15) is 0 Å². The van der Waals surface area contributed by atoms with Crippen molar-refractivity contribution < 1.29 is 13.9 Å². The maximum atomic E-state index is 12.8. The molecule has 0 saturated carbocycles. The van der Waals surface area contributed by atoms with Crippen LogP contribution >= 0.6 is 0 Å². The second-order valence-corrected chi connectivity index (χ2v) is 5.14. The average molecular weight is 267 g/mol. The van der Waals surface area contributed by atoms with Crippen LogP contribution in [0.1, 0.15) is 26.3 Å².